The summed E-state index contributed by atoms with van der Waals surface area (Å²) >= 11 is 1.46. The number of thiophene rings is 1. The molecule has 3 heterocycles. The lowest BCUT2D eigenvalue weighted by Crippen LogP contribution is -2.27. The van der Waals surface area contributed by atoms with E-state index in [9.17, 15) is 9.18 Å². The second-order valence-corrected chi connectivity index (χ2v) is 7.13. The molecule has 4 rings (SSSR count). The van der Waals surface area contributed by atoms with E-state index in [4.69, 9.17) is 4.42 Å². The molecule has 2 aromatic heterocycles. The molecule has 1 aromatic carbocycles. The van der Waals surface area contributed by atoms with Crippen molar-refractivity contribution in [3.63, 3.8) is 0 Å². The van der Waals surface area contributed by atoms with E-state index in [2.05, 4.69) is 4.98 Å². The number of hydrogen-bond donors (Lipinski definition) is 0. The minimum Gasteiger partial charge on any atom is -0.445 e. The number of aromatic nitrogens is 1. The van der Waals surface area contributed by atoms with Crippen LogP contribution in [0.15, 0.2) is 52.4 Å². The first kappa shape index (κ1) is 16.0. The molecule has 1 aliphatic heterocycles. The zero-order valence-electron chi connectivity index (χ0n) is 13.5. The zero-order valence-corrected chi connectivity index (χ0v) is 14.3. The number of carbonyl (C=O) groups is 1. The number of nitrogens with zero attached hydrogens (tertiary/aromatic N) is 2. The van der Waals surface area contributed by atoms with E-state index in [-0.39, 0.29) is 17.6 Å². The normalized spacial score (nSPS) is 17.2. The summed E-state index contributed by atoms with van der Waals surface area (Å²) in [4.78, 5) is 19.4. The number of benzene rings is 1. The molecule has 4 nitrogen and oxygen atoms in total. The van der Waals surface area contributed by atoms with E-state index in [0.717, 1.165) is 16.9 Å². The topological polar surface area (TPSA) is 46.3 Å². The lowest BCUT2D eigenvalue weighted by Gasteiger charge is -2.14. The Labute approximate surface area is 148 Å². The maximum atomic E-state index is 13.3. The van der Waals surface area contributed by atoms with Crippen LogP contribution in [0.2, 0.25) is 0 Å². The predicted octanol–water partition coefficient (Wildman–Crippen LogP) is 4.10. The van der Waals surface area contributed by atoms with Crippen LogP contribution in [0.25, 0.3) is 0 Å². The number of amides is 1. The Morgan fingerprint density at radius 1 is 1.36 bits per heavy atom. The van der Waals surface area contributed by atoms with Gasteiger partial charge in [-0.15, -0.1) is 11.3 Å². The number of oxazole rings is 1. The maximum Gasteiger partial charge on any atom is 0.263 e. The maximum absolute atomic E-state index is 13.3. The highest BCUT2D eigenvalue weighted by atomic mass is 32.1. The number of hydrogen-bond acceptors (Lipinski definition) is 4. The van der Waals surface area contributed by atoms with E-state index >= 15 is 0 Å². The molecule has 0 spiro atoms. The standard InChI is InChI=1S/C19H17FN2O2S/c20-15-4-1-3-13(9-15)10-16-11-21-18(24-16)14-6-7-22(12-14)19(23)17-5-2-8-25-17/h1-5,8-9,11,14H,6-7,10,12H2/t14-/m1/s1. The first-order valence-corrected chi connectivity index (χ1v) is 9.09. The SMILES string of the molecule is O=C(c1cccs1)N1CC[C@@H](c2ncc(Cc3cccc(F)c3)o2)C1. The van der Waals surface area contributed by atoms with E-state index in [0.29, 0.717) is 31.2 Å². The minimum atomic E-state index is -0.254. The third-order valence-electron chi connectivity index (χ3n) is 4.40. The number of halogens is 1. The molecular weight excluding hydrogens is 339 g/mol. The van der Waals surface area contributed by atoms with Gasteiger partial charge >= 0.3 is 0 Å². The first-order valence-electron chi connectivity index (χ1n) is 8.21. The Balaban J connectivity index is 1.42. The van der Waals surface area contributed by atoms with Crippen molar-refractivity contribution in [2.24, 2.45) is 0 Å². The molecule has 0 bridgehead atoms. The van der Waals surface area contributed by atoms with Crippen LogP contribution in [0, 0.1) is 5.82 Å². The summed E-state index contributed by atoms with van der Waals surface area (Å²) in [5.74, 6) is 1.31. The van der Waals surface area contributed by atoms with Crippen LogP contribution in [-0.4, -0.2) is 28.9 Å². The molecule has 1 saturated heterocycles. The third kappa shape index (κ3) is 3.49. The summed E-state index contributed by atoms with van der Waals surface area (Å²) in [6.07, 6.45) is 3.05. The largest absolute Gasteiger partial charge is 0.445 e. The van der Waals surface area contributed by atoms with E-state index in [1.54, 1.807) is 12.3 Å². The molecule has 1 atom stereocenters. The molecule has 0 aliphatic carbocycles. The van der Waals surface area contributed by atoms with Gasteiger partial charge in [0.1, 0.15) is 11.6 Å². The molecule has 0 N–H and O–H groups in total. The fraction of sp³-hybridized carbons (Fsp3) is 0.263. The molecular formula is C19H17FN2O2S. The summed E-state index contributed by atoms with van der Waals surface area (Å²) < 4.78 is 19.1. The van der Waals surface area contributed by atoms with Crippen LogP contribution in [0.4, 0.5) is 4.39 Å². The van der Waals surface area contributed by atoms with Gasteiger partial charge in [-0.05, 0) is 35.6 Å². The summed E-state index contributed by atoms with van der Waals surface area (Å²) in [6, 6.07) is 10.2. The van der Waals surface area contributed by atoms with Crippen LogP contribution >= 0.6 is 11.3 Å². The molecule has 1 amide bonds. The molecule has 0 radical (unpaired) electrons. The zero-order chi connectivity index (χ0) is 17.2. The number of rotatable bonds is 4. The second kappa shape index (κ2) is 6.80. The molecule has 1 aliphatic rings. The lowest BCUT2D eigenvalue weighted by molar-refractivity contribution is 0.0794. The highest BCUT2D eigenvalue weighted by Crippen LogP contribution is 2.29. The molecule has 128 valence electrons. The van der Waals surface area contributed by atoms with Crippen molar-refractivity contribution in [1.29, 1.82) is 0 Å². The fourth-order valence-corrected chi connectivity index (χ4v) is 3.83. The average molecular weight is 356 g/mol. The molecule has 1 fully saturated rings. The van der Waals surface area contributed by atoms with E-state index in [1.807, 2.05) is 28.5 Å². The van der Waals surface area contributed by atoms with Crippen molar-refractivity contribution in [2.45, 2.75) is 18.8 Å². The Bertz CT molecular complexity index is 875. The molecule has 3 aromatic rings. The molecule has 6 heteroatoms. The van der Waals surface area contributed by atoms with Gasteiger partial charge < -0.3 is 9.32 Å². The third-order valence-corrected chi connectivity index (χ3v) is 5.25. The molecule has 25 heavy (non-hydrogen) atoms. The van der Waals surface area contributed by atoms with Crippen LogP contribution in [0.5, 0.6) is 0 Å². The van der Waals surface area contributed by atoms with E-state index in [1.165, 1.54) is 23.5 Å². The summed E-state index contributed by atoms with van der Waals surface area (Å²) in [6.45, 7) is 1.33. The Kier molecular flexibility index (Phi) is 4.36. The number of carbonyl (C=O) groups excluding carboxylic acids is 1. The molecule has 0 unspecified atom stereocenters. The van der Waals surface area contributed by atoms with Gasteiger partial charge in [-0.25, -0.2) is 9.37 Å². The van der Waals surface area contributed by atoms with Crippen molar-refractivity contribution in [2.75, 3.05) is 13.1 Å². The second-order valence-electron chi connectivity index (χ2n) is 6.19. The van der Waals surface area contributed by atoms with Crippen molar-refractivity contribution in [1.82, 2.24) is 9.88 Å². The summed E-state index contributed by atoms with van der Waals surface area (Å²) in [7, 11) is 0. The quantitative estimate of drug-likeness (QED) is 0.707. The van der Waals surface area contributed by atoms with Crippen LogP contribution < -0.4 is 0 Å². The van der Waals surface area contributed by atoms with Gasteiger partial charge in [0.25, 0.3) is 5.91 Å². The van der Waals surface area contributed by atoms with Gasteiger partial charge in [-0.3, -0.25) is 4.79 Å². The lowest BCUT2D eigenvalue weighted by atomic mass is 10.1. The monoisotopic (exact) mass is 356 g/mol. The fourth-order valence-electron chi connectivity index (χ4n) is 3.14. The van der Waals surface area contributed by atoms with Gasteiger partial charge in [0, 0.05) is 19.5 Å². The van der Waals surface area contributed by atoms with Gasteiger partial charge in [-0.1, -0.05) is 18.2 Å². The first-order chi connectivity index (χ1) is 12.2. The highest BCUT2D eigenvalue weighted by molar-refractivity contribution is 7.12. The smallest absolute Gasteiger partial charge is 0.263 e. The van der Waals surface area contributed by atoms with Crippen molar-refractivity contribution in [3.05, 3.63) is 75.9 Å². The summed E-state index contributed by atoms with van der Waals surface area (Å²) in [5.41, 5.74) is 0.851. The van der Waals surface area contributed by atoms with Gasteiger partial charge in [-0.2, -0.15) is 0 Å². The van der Waals surface area contributed by atoms with Crippen LogP contribution in [0.1, 0.15) is 39.2 Å². The Hall–Kier alpha value is -2.47. The average Bonchev–Trinajstić information content (AvgIpc) is 3.35. The van der Waals surface area contributed by atoms with Crippen molar-refractivity contribution >= 4 is 17.2 Å². The Morgan fingerprint density at radius 3 is 3.08 bits per heavy atom. The van der Waals surface area contributed by atoms with Crippen LogP contribution in [-0.2, 0) is 6.42 Å². The Morgan fingerprint density at radius 2 is 2.28 bits per heavy atom. The molecule has 0 saturated carbocycles. The van der Waals surface area contributed by atoms with Gasteiger partial charge in [0.15, 0.2) is 5.89 Å². The van der Waals surface area contributed by atoms with E-state index < -0.39 is 0 Å². The van der Waals surface area contributed by atoms with Crippen LogP contribution in [0.3, 0.4) is 0 Å². The van der Waals surface area contributed by atoms with Crippen molar-refractivity contribution < 1.29 is 13.6 Å². The summed E-state index contributed by atoms with van der Waals surface area (Å²) in [5, 5.41) is 1.91. The number of likely N-dealkylation sites (tertiary alicyclic amines) is 1. The van der Waals surface area contributed by atoms with Gasteiger partial charge in [0.2, 0.25) is 0 Å². The minimum absolute atomic E-state index is 0.0732. The highest BCUT2D eigenvalue weighted by Gasteiger charge is 2.31. The van der Waals surface area contributed by atoms with Crippen molar-refractivity contribution in [3.8, 4) is 0 Å². The predicted molar refractivity (Wildman–Crippen MR) is 93.3 cm³/mol. The van der Waals surface area contributed by atoms with Gasteiger partial charge in [0.05, 0.1) is 17.0 Å².